The van der Waals surface area contributed by atoms with Crippen LogP contribution in [0.15, 0.2) is 36.4 Å². The third-order valence-corrected chi connectivity index (χ3v) is 3.04. The lowest BCUT2D eigenvalue weighted by Crippen LogP contribution is -1.95. The van der Waals surface area contributed by atoms with Crippen molar-refractivity contribution in [2.45, 2.75) is 13.3 Å². The summed E-state index contributed by atoms with van der Waals surface area (Å²) in [6.07, 6.45) is 5.57. The van der Waals surface area contributed by atoms with Gasteiger partial charge in [-0.05, 0) is 40.8 Å². The lowest BCUT2D eigenvalue weighted by atomic mass is 9.90. The predicted octanol–water partition coefficient (Wildman–Crippen LogP) is 3.72. The molecule has 68 valence electrons. The van der Waals surface area contributed by atoms with Crippen molar-refractivity contribution in [1.29, 1.82) is 0 Å². The highest BCUT2D eigenvalue weighted by Gasteiger charge is 2.09. The quantitative estimate of drug-likeness (QED) is 0.579. The molecule has 3 rings (SSSR count). The van der Waals surface area contributed by atoms with Gasteiger partial charge in [0.25, 0.3) is 0 Å². The van der Waals surface area contributed by atoms with E-state index in [9.17, 15) is 0 Å². The minimum absolute atomic E-state index is 1.08. The number of hydrogen-bond donors (Lipinski definition) is 0. The van der Waals surface area contributed by atoms with E-state index in [1.165, 1.54) is 27.5 Å². The Morgan fingerprint density at radius 3 is 2.93 bits per heavy atom. The molecular formula is C14H12. The summed E-state index contributed by atoms with van der Waals surface area (Å²) in [5.41, 5.74) is 4.28. The Bertz CT molecular complexity index is 533. The van der Waals surface area contributed by atoms with Crippen LogP contribution in [-0.4, -0.2) is 0 Å². The summed E-state index contributed by atoms with van der Waals surface area (Å²) in [5.74, 6) is 0. The number of benzene rings is 2. The molecule has 0 spiro atoms. The van der Waals surface area contributed by atoms with E-state index < -0.39 is 0 Å². The fourth-order valence-electron chi connectivity index (χ4n) is 2.29. The summed E-state index contributed by atoms with van der Waals surface area (Å²) in [4.78, 5) is 0. The van der Waals surface area contributed by atoms with Crippen molar-refractivity contribution in [3.05, 3.63) is 53.1 Å². The summed E-state index contributed by atoms with van der Waals surface area (Å²) in [6, 6.07) is 11.0. The van der Waals surface area contributed by atoms with E-state index >= 15 is 0 Å². The van der Waals surface area contributed by atoms with Gasteiger partial charge in [0.15, 0.2) is 0 Å². The van der Waals surface area contributed by atoms with Gasteiger partial charge < -0.3 is 0 Å². The highest BCUT2D eigenvalue weighted by Crippen LogP contribution is 2.30. The van der Waals surface area contributed by atoms with Crippen molar-refractivity contribution in [1.82, 2.24) is 0 Å². The molecular weight excluding hydrogens is 168 g/mol. The molecule has 0 amide bonds. The molecule has 0 saturated heterocycles. The van der Waals surface area contributed by atoms with E-state index in [4.69, 9.17) is 0 Å². The molecule has 0 unspecified atom stereocenters. The lowest BCUT2D eigenvalue weighted by Gasteiger charge is -2.14. The number of rotatable bonds is 0. The Morgan fingerprint density at radius 1 is 1.07 bits per heavy atom. The summed E-state index contributed by atoms with van der Waals surface area (Å²) >= 11 is 0. The van der Waals surface area contributed by atoms with E-state index in [1.807, 2.05) is 0 Å². The summed E-state index contributed by atoms with van der Waals surface area (Å²) in [7, 11) is 0. The van der Waals surface area contributed by atoms with Gasteiger partial charge in [-0.25, -0.2) is 0 Å². The van der Waals surface area contributed by atoms with E-state index in [0.29, 0.717) is 0 Å². The maximum absolute atomic E-state index is 2.25. The van der Waals surface area contributed by atoms with Crippen LogP contribution in [0.2, 0.25) is 0 Å². The second-order valence-corrected chi connectivity index (χ2v) is 3.91. The van der Waals surface area contributed by atoms with E-state index in [1.54, 1.807) is 0 Å². The van der Waals surface area contributed by atoms with Crippen molar-refractivity contribution >= 4 is 16.8 Å². The SMILES string of the molecule is Cc1ccc2cccc3c2c1CC=C3. The maximum Gasteiger partial charge on any atom is -0.00736 e. The minimum atomic E-state index is 1.08. The van der Waals surface area contributed by atoms with Gasteiger partial charge in [0.05, 0.1) is 0 Å². The Hall–Kier alpha value is -1.56. The monoisotopic (exact) mass is 180 g/mol. The van der Waals surface area contributed by atoms with Crippen LogP contribution in [0.25, 0.3) is 16.8 Å². The van der Waals surface area contributed by atoms with Crippen LogP contribution in [0.4, 0.5) is 0 Å². The first-order valence-corrected chi connectivity index (χ1v) is 5.04. The van der Waals surface area contributed by atoms with Crippen molar-refractivity contribution in [3.63, 3.8) is 0 Å². The van der Waals surface area contributed by atoms with Crippen LogP contribution >= 0.6 is 0 Å². The second-order valence-electron chi connectivity index (χ2n) is 3.91. The first-order valence-electron chi connectivity index (χ1n) is 5.04. The molecule has 1 aliphatic rings. The van der Waals surface area contributed by atoms with Crippen molar-refractivity contribution < 1.29 is 0 Å². The third kappa shape index (κ3) is 0.941. The topological polar surface area (TPSA) is 0 Å². The first kappa shape index (κ1) is 7.81. The van der Waals surface area contributed by atoms with E-state index in [0.717, 1.165) is 6.42 Å². The van der Waals surface area contributed by atoms with Crippen LogP contribution in [-0.2, 0) is 6.42 Å². The lowest BCUT2D eigenvalue weighted by molar-refractivity contribution is 1.23. The third-order valence-electron chi connectivity index (χ3n) is 3.04. The van der Waals surface area contributed by atoms with Crippen molar-refractivity contribution in [2.75, 3.05) is 0 Å². The zero-order valence-corrected chi connectivity index (χ0v) is 8.25. The first-order chi connectivity index (χ1) is 6.86. The van der Waals surface area contributed by atoms with Crippen LogP contribution in [0.1, 0.15) is 16.7 Å². The Morgan fingerprint density at radius 2 is 2.00 bits per heavy atom. The summed E-state index contributed by atoms with van der Waals surface area (Å²) in [5, 5.41) is 2.82. The molecule has 0 saturated carbocycles. The van der Waals surface area contributed by atoms with Gasteiger partial charge in [-0.1, -0.05) is 42.5 Å². The van der Waals surface area contributed by atoms with Gasteiger partial charge in [0.2, 0.25) is 0 Å². The van der Waals surface area contributed by atoms with Crippen LogP contribution in [0.3, 0.4) is 0 Å². The smallest absolute Gasteiger partial charge is 0.00736 e. The van der Waals surface area contributed by atoms with Gasteiger partial charge in [-0.2, -0.15) is 0 Å². The Balaban J connectivity index is 2.56. The largest absolute Gasteiger partial charge is 0.0795 e. The fraction of sp³-hybridized carbons (Fsp3) is 0.143. The molecule has 0 nitrogen and oxygen atoms in total. The summed E-state index contributed by atoms with van der Waals surface area (Å²) in [6.45, 7) is 2.20. The van der Waals surface area contributed by atoms with Crippen LogP contribution in [0, 0.1) is 6.92 Å². The fourth-order valence-corrected chi connectivity index (χ4v) is 2.29. The second kappa shape index (κ2) is 2.71. The van der Waals surface area contributed by atoms with Crippen LogP contribution in [0.5, 0.6) is 0 Å². The molecule has 1 aliphatic carbocycles. The van der Waals surface area contributed by atoms with Gasteiger partial charge in [0, 0.05) is 0 Å². The molecule has 0 heteroatoms. The van der Waals surface area contributed by atoms with Crippen molar-refractivity contribution in [3.8, 4) is 0 Å². The molecule has 0 heterocycles. The standard InChI is InChI=1S/C14H12/c1-10-8-9-12-5-2-4-11-6-3-7-13(10)14(11)12/h2-6,8-9H,7H2,1H3. The minimum Gasteiger partial charge on any atom is -0.0795 e. The number of hydrogen-bond acceptors (Lipinski definition) is 0. The molecule has 2 aromatic rings. The molecule has 0 radical (unpaired) electrons. The zero-order chi connectivity index (χ0) is 9.54. The van der Waals surface area contributed by atoms with E-state index in [2.05, 4.69) is 49.4 Å². The normalized spacial score (nSPS) is 13.5. The van der Waals surface area contributed by atoms with Gasteiger partial charge in [-0.3, -0.25) is 0 Å². The average molecular weight is 180 g/mol. The molecule has 0 atom stereocenters. The molecule has 14 heavy (non-hydrogen) atoms. The van der Waals surface area contributed by atoms with Gasteiger partial charge >= 0.3 is 0 Å². The molecule has 0 fully saturated rings. The highest BCUT2D eigenvalue weighted by molar-refractivity contribution is 5.95. The predicted molar refractivity (Wildman–Crippen MR) is 61.4 cm³/mol. The Kier molecular flexibility index (Phi) is 1.51. The number of aryl methyl sites for hydroxylation is 1. The van der Waals surface area contributed by atoms with Crippen LogP contribution < -0.4 is 0 Å². The molecule has 0 N–H and O–H groups in total. The highest BCUT2D eigenvalue weighted by atomic mass is 14.1. The average Bonchev–Trinajstić information content (AvgIpc) is 2.24. The summed E-state index contributed by atoms with van der Waals surface area (Å²) < 4.78 is 0. The number of allylic oxidation sites excluding steroid dienone is 1. The van der Waals surface area contributed by atoms with Crippen molar-refractivity contribution in [2.24, 2.45) is 0 Å². The molecule has 0 bridgehead atoms. The van der Waals surface area contributed by atoms with Gasteiger partial charge in [-0.15, -0.1) is 0 Å². The Labute approximate surface area is 83.9 Å². The van der Waals surface area contributed by atoms with Gasteiger partial charge in [0.1, 0.15) is 0 Å². The molecule has 0 aliphatic heterocycles. The van der Waals surface area contributed by atoms with E-state index in [-0.39, 0.29) is 0 Å². The molecule has 0 aromatic heterocycles. The molecule has 2 aromatic carbocycles. The zero-order valence-electron chi connectivity index (χ0n) is 8.25. The maximum atomic E-state index is 2.25.